The fourth-order valence-corrected chi connectivity index (χ4v) is 11.3. The Labute approximate surface area is 469 Å². The van der Waals surface area contributed by atoms with Crippen LogP contribution in [-0.4, -0.2) is 16.2 Å². The van der Waals surface area contributed by atoms with Gasteiger partial charge in [0.15, 0.2) is 0 Å². The highest BCUT2D eigenvalue weighted by Crippen LogP contribution is 2.54. The molecule has 1 aliphatic carbocycles. The summed E-state index contributed by atoms with van der Waals surface area (Å²) in [4.78, 5) is 9.44. The number of benzene rings is 7. The molecule has 0 amide bonds. The third kappa shape index (κ3) is 9.52. The SMILES string of the molecule is [2H]c1c([2H])c2c(c([2H])c1-c1cc(C(C)(C)C)cc(-c3cc(C(C)(C)C)cc(C(C)(C)C)c3)c1N1CN(c3cccc(Oc4ccc5c6c([2H])c([2H])c([2H])c([2H])c6n(-c6cc(C(C)(C)C)ccn6)c5c4)c3)c3ccccc31)C(C)(C)CCC2(C)C. The molecule has 1 aliphatic heterocycles. The standard InChI is InChI=1S/C72H80N4O/c1-67(2,3)48-32-35-73-65(42-48)76-61-25-18-17-24-55(61)56-30-29-54(44-64(56)76)77-53-23-21-22-52(43-53)74-45-75(63-27-20-19-26-62(63)74)66-57(46-28-31-59-60(38-46)72(15,16)34-33-71(59,13)14)40-51(70(10,11)12)41-58(66)47-36-49(68(4,5)6)39-50(37-47)69(7,8)9/h17-32,35-44H,33-34,45H2,1-16H3/i17D,18D,24D,25D,28D,31D,38D. The van der Waals surface area contributed by atoms with Crippen LogP contribution in [0, 0.1) is 0 Å². The summed E-state index contributed by atoms with van der Waals surface area (Å²) < 4.78 is 74.9. The van der Waals surface area contributed by atoms with Crippen molar-refractivity contribution in [3.8, 4) is 39.6 Å². The highest BCUT2D eigenvalue weighted by Gasteiger charge is 2.39. The first-order valence-corrected chi connectivity index (χ1v) is 27.5. The van der Waals surface area contributed by atoms with Crippen molar-refractivity contribution >= 4 is 44.6 Å². The lowest BCUT2D eigenvalue weighted by Gasteiger charge is -2.42. The second kappa shape index (κ2) is 18.3. The summed E-state index contributed by atoms with van der Waals surface area (Å²) >= 11 is 0. The Morgan fingerprint density at radius 3 is 1.77 bits per heavy atom. The maximum atomic E-state index is 10.5. The molecule has 0 unspecified atom stereocenters. The molecular weight excluding hydrogens is 937 g/mol. The van der Waals surface area contributed by atoms with E-state index in [0.717, 1.165) is 74.5 Å². The van der Waals surface area contributed by atoms with Crippen LogP contribution >= 0.6 is 0 Å². The van der Waals surface area contributed by atoms with Gasteiger partial charge >= 0.3 is 0 Å². The Morgan fingerprint density at radius 2 is 1.10 bits per heavy atom. The Balaban J connectivity index is 1.11. The fraction of sp³-hybridized carbons (Fsp3) is 0.347. The zero-order chi connectivity index (χ0) is 60.9. The smallest absolute Gasteiger partial charge is 0.137 e. The average Bonchev–Trinajstić information content (AvgIpc) is 4.16. The predicted octanol–water partition coefficient (Wildman–Crippen LogP) is 20.1. The molecule has 0 radical (unpaired) electrons. The number of para-hydroxylation sites is 3. The number of rotatable bonds is 7. The normalized spacial score (nSPS) is 16.8. The minimum Gasteiger partial charge on any atom is -0.457 e. The monoisotopic (exact) mass is 1020 g/mol. The number of anilines is 4. The Morgan fingerprint density at radius 1 is 0.506 bits per heavy atom. The molecule has 0 saturated carbocycles. The maximum absolute atomic E-state index is 10.5. The molecule has 0 fully saturated rings. The molecule has 2 aliphatic rings. The second-order valence-electron chi connectivity index (χ2n) is 27.2. The zero-order valence-corrected chi connectivity index (χ0v) is 48.3. The molecule has 7 aromatic carbocycles. The van der Waals surface area contributed by atoms with Crippen molar-refractivity contribution in [2.45, 2.75) is 156 Å². The first-order valence-electron chi connectivity index (χ1n) is 31.0. The van der Waals surface area contributed by atoms with Crippen molar-refractivity contribution < 1.29 is 14.3 Å². The number of ether oxygens (including phenoxy) is 1. The van der Waals surface area contributed by atoms with Gasteiger partial charge in [-0.2, -0.15) is 0 Å². The molecule has 3 heterocycles. The summed E-state index contributed by atoms with van der Waals surface area (Å²) in [6.07, 6.45) is 3.48. The number of aromatic nitrogens is 2. The molecule has 0 saturated heterocycles. The molecule has 9 aromatic rings. The molecule has 0 bridgehead atoms. The van der Waals surface area contributed by atoms with Gasteiger partial charge in [0.1, 0.15) is 24.0 Å². The van der Waals surface area contributed by atoms with Crippen molar-refractivity contribution in [1.82, 2.24) is 9.55 Å². The van der Waals surface area contributed by atoms with Crippen molar-refractivity contribution in [2.75, 3.05) is 16.5 Å². The highest BCUT2D eigenvalue weighted by atomic mass is 16.5. The van der Waals surface area contributed by atoms with E-state index < -0.39 is 5.41 Å². The summed E-state index contributed by atoms with van der Waals surface area (Å²) in [6.45, 7) is 35.8. The van der Waals surface area contributed by atoms with Crippen LogP contribution in [0.3, 0.4) is 0 Å². The largest absolute Gasteiger partial charge is 0.457 e. The Kier molecular flexibility index (Phi) is 10.4. The minimum absolute atomic E-state index is 0.0755. The van der Waals surface area contributed by atoms with Crippen molar-refractivity contribution in [3.05, 3.63) is 191 Å². The second-order valence-corrected chi connectivity index (χ2v) is 27.2. The highest BCUT2D eigenvalue weighted by molar-refractivity contribution is 6.09. The Bertz CT molecular complexity index is 4150. The Hall–Kier alpha value is -7.11. The van der Waals surface area contributed by atoms with Crippen LogP contribution in [0.25, 0.3) is 49.9 Å². The molecule has 11 rings (SSSR count). The first kappa shape index (κ1) is 43.9. The summed E-state index contributed by atoms with van der Waals surface area (Å²) in [5.41, 5.74) is 12.5. The number of fused-ring (bicyclic) bond motifs is 5. The molecule has 0 N–H and O–H groups in total. The average molecular weight is 1020 g/mol. The number of hydrogen-bond acceptors (Lipinski definition) is 4. The summed E-state index contributed by atoms with van der Waals surface area (Å²) in [5.74, 6) is 1.63. The van der Waals surface area contributed by atoms with Crippen molar-refractivity contribution in [3.63, 3.8) is 0 Å². The van der Waals surface area contributed by atoms with Gasteiger partial charge in [0.25, 0.3) is 0 Å². The van der Waals surface area contributed by atoms with E-state index in [0.29, 0.717) is 57.4 Å². The van der Waals surface area contributed by atoms with Crippen molar-refractivity contribution in [1.29, 1.82) is 0 Å². The van der Waals surface area contributed by atoms with Crippen LogP contribution in [0.1, 0.15) is 167 Å². The van der Waals surface area contributed by atoms with E-state index in [1.807, 2.05) is 53.1 Å². The van der Waals surface area contributed by atoms with E-state index in [2.05, 4.69) is 181 Å². The quantitative estimate of drug-likeness (QED) is 0.159. The molecule has 5 nitrogen and oxygen atoms in total. The van der Waals surface area contributed by atoms with Crippen LogP contribution in [-0.2, 0) is 32.5 Å². The van der Waals surface area contributed by atoms with Gasteiger partial charge in [0.2, 0.25) is 0 Å². The first-order chi connectivity index (χ1) is 39.1. The topological polar surface area (TPSA) is 33.5 Å². The molecular formula is C72H80N4O. The third-order valence-electron chi connectivity index (χ3n) is 16.4. The van der Waals surface area contributed by atoms with E-state index in [4.69, 9.17) is 13.8 Å². The van der Waals surface area contributed by atoms with Crippen LogP contribution in [0.2, 0.25) is 0 Å². The van der Waals surface area contributed by atoms with E-state index in [-0.39, 0.29) is 63.3 Å². The minimum atomic E-state index is -0.396. The summed E-state index contributed by atoms with van der Waals surface area (Å²) in [7, 11) is 0. The lowest BCUT2D eigenvalue weighted by Crippen LogP contribution is -2.33. The van der Waals surface area contributed by atoms with Crippen LogP contribution < -0.4 is 14.5 Å². The van der Waals surface area contributed by atoms with Gasteiger partial charge < -0.3 is 14.5 Å². The lowest BCUT2D eigenvalue weighted by molar-refractivity contribution is 0.332. The van der Waals surface area contributed by atoms with Gasteiger partial charge in [-0.15, -0.1) is 0 Å². The molecule has 5 heteroatoms. The van der Waals surface area contributed by atoms with Gasteiger partial charge in [0.05, 0.1) is 37.7 Å². The lowest BCUT2D eigenvalue weighted by atomic mass is 9.63. The molecule has 77 heavy (non-hydrogen) atoms. The summed E-state index contributed by atoms with van der Waals surface area (Å²) in [6, 6.07) is 37.4. The van der Waals surface area contributed by atoms with E-state index >= 15 is 0 Å². The van der Waals surface area contributed by atoms with Crippen LogP contribution in [0.4, 0.5) is 22.7 Å². The van der Waals surface area contributed by atoms with Crippen LogP contribution in [0.5, 0.6) is 11.5 Å². The molecule has 0 spiro atoms. The maximum Gasteiger partial charge on any atom is 0.137 e. The zero-order valence-electron chi connectivity index (χ0n) is 55.3. The van der Waals surface area contributed by atoms with Gasteiger partial charge in [-0.25, -0.2) is 4.98 Å². The van der Waals surface area contributed by atoms with E-state index in [1.165, 1.54) is 11.1 Å². The fourth-order valence-electron chi connectivity index (χ4n) is 11.3. The van der Waals surface area contributed by atoms with Crippen molar-refractivity contribution in [2.24, 2.45) is 0 Å². The third-order valence-corrected chi connectivity index (χ3v) is 16.4. The number of nitrogens with zero attached hydrogens (tertiary/aromatic N) is 4. The predicted molar refractivity (Wildman–Crippen MR) is 328 cm³/mol. The number of pyridine rings is 1. The molecule has 0 atom stereocenters. The van der Waals surface area contributed by atoms with Gasteiger partial charge in [-0.05, 0) is 157 Å². The van der Waals surface area contributed by atoms with Crippen LogP contribution in [0.15, 0.2) is 158 Å². The molecule has 2 aromatic heterocycles. The van der Waals surface area contributed by atoms with E-state index in [1.54, 1.807) is 6.20 Å². The van der Waals surface area contributed by atoms with E-state index in [9.17, 15) is 5.48 Å². The van der Waals surface area contributed by atoms with Gasteiger partial charge in [-0.3, -0.25) is 4.57 Å². The van der Waals surface area contributed by atoms with Gasteiger partial charge in [-0.1, -0.05) is 183 Å². The summed E-state index contributed by atoms with van der Waals surface area (Å²) in [5, 5.41) is 1.07. The molecule has 394 valence electrons. The number of hydrogen-bond donors (Lipinski definition) is 0. The van der Waals surface area contributed by atoms with Gasteiger partial charge in [0, 0.05) is 45.9 Å².